The minimum Gasteiger partial charge on any atom is -0.345 e. The fraction of sp³-hybridized carbons (Fsp3) is 0.545. The second kappa shape index (κ2) is 9.73. The monoisotopic (exact) mass is 414 g/mol. The molecule has 3 rings (SSSR count). The summed E-state index contributed by atoms with van der Waals surface area (Å²) in [5.41, 5.74) is 0.510. The zero-order valence-electron chi connectivity index (χ0n) is 17.6. The van der Waals surface area contributed by atoms with Crippen LogP contribution in [0.1, 0.15) is 43.5 Å². The molecule has 0 spiro atoms. The molecule has 0 aromatic heterocycles. The molecular formula is C22H30N4O4. The first kappa shape index (κ1) is 21.8. The average Bonchev–Trinajstić information content (AvgIpc) is 3.60. The highest BCUT2D eigenvalue weighted by atomic mass is 16.2. The van der Waals surface area contributed by atoms with Crippen molar-refractivity contribution in [1.29, 1.82) is 0 Å². The Labute approximate surface area is 177 Å². The summed E-state index contributed by atoms with van der Waals surface area (Å²) < 4.78 is 0. The lowest BCUT2D eigenvalue weighted by atomic mass is 9.97. The normalized spacial score (nSPS) is 18.3. The molecule has 1 saturated heterocycles. The summed E-state index contributed by atoms with van der Waals surface area (Å²) in [6.45, 7) is 5.22. The molecule has 8 nitrogen and oxygen atoms in total. The van der Waals surface area contributed by atoms with Gasteiger partial charge in [-0.05, 0) is 30.9 Å². The van der Waals surface area contributed by atoms with E-state index in [0.717, 1.165) is 19.3 Å². The number of hydrogen-bond acceptors (Lipinski definition) is 4. The van der Waals surface area contributed by atoms with Gasteiger partial charge in [-0.25, -0.2) is 0 Å². The third kappa shape index (κ3) is 5.37. The van der Waals surface area contributed by atoms with Crippen molar-refractivity contribution in [1.82, 2.24) is 20.4 Å². The summed E-state index contributed by atoms with van der Waals surface area (Å²) in [5.74, 6) is -1.56. The van der Waals surface area contributed by atoms with E-state index in [4.69, 9.17) is 0 Å². The van der Waals surface area contributed by atoms with Gasteiger partial charge in [0.05, 0.1) is 0 Å². The van der Waals surface area contributed by atoms with E-state index in [0.29, 0.717) is 31.7 Å². The Balaban J connectivity index is 1.58. The first-order valence-corrected chi connectivity index (χ1v) is 10.6. The van der Waals surface area contributed by atoms with Gasteiger partial charge in [-0.1, -0.05) is 38.5 Å². The summed E-state index contributed by atoms with van der Waals surface area (Å²) in [7, 11) is 0. The average molecular weight is 415 g/mol. The van der Waals surface area contributed by atoms with E-state index >= 15 is 0 Å². The van der Waals surface area contributed by atoms with Crippen molar-refractivity contribution in [2.24, 2.45) is 5.92 Å². The van der Waals surface area contributed by atoms with Crippen LogP contribution in [-0.4, -0.2) is 71.7 Å². The highest BCUT2D eigenvalue weighted by Gasteiger charge is 2.35. The first-order chi connectivity index (χ1) is 14.4. The van der Waals surface area contributed by atoms with Crippen LogP contribution in [0.4, 0.5) is 0 Å². The molecule has 30 heavy (non-hydrogen) atoms. The highest BCUT2D eigenvalue weighted by molar-refractivity contribution is 6.35. The zero-order valence-corrected chi connectivity index (χ0v) is 17.6. The van der Waals surface area contributed by atoms with E-state index in [1.807, 2.05) is 19.9 Å². The number of amides is 4. The molecule has 1 saturated carbocycles. The van der Waals surface area contributed by atoms with Crippen LogP contribution in [0.15, 0.2) is 30.3 Å². The number of carbonyl (C=O) groups is 4. The predicted octanol–water partition coefficient (Wildman–Crippen LogP) is 0.781. The maximum Gasteiger partial charge on any atom is 0.312 e. The van der Waals surface area contributed by atoms with Crippen molar-refractivity contribution >= 4 is 23.6 Å². The molecule has 2 N–H and O–H groups in total. The Hall–Kier alpha value is -2.90. The maximum absolute atomic E-state index is 13.2. The lowest BCUT2D eigenvalue weighted by molar-refractivity contribution is -0.149. The molecular weight excluding hydrogens is 384 g/mol. The van der Waals surface area contributed by atoms with E-state index in [9.17, 15) is 19.2 Å². The van der Waals surface area contributed by atoms with Crippen molar-refractivity contribution in [2.75, 3.05) is 26.2 Å². The van der Waals surface area contributed by atoms with Gasteiger partial charge in [0.2, 0.25) is 5.91 Å². The first-order valence-electron chi connectivity index (χ1n) is 10.6. The molecule has 8 heteroatoms. The van der Waals surface area contributed by atoms with Gasteiger partial charge in [0.25, 0.3) is 5.91 Å². The topological polar surface area (TPSA) is 98.8 Å². The van der Waals surface area contributed by atoms with E-state index < -0.39 is 17.9 Å². The fourth-order valence-electron chi connectivity index (χ4n) is 3.44. The van der Waals surface area contributed by atoms with Crippen LogP contribution in [0.25, 0.3) is 0 Å². The van der Waals surface area contributed by atoms with Crippen molar-refractivity contribution in [3.63, 3.8) is 0 Å². The van der Waals surface area contributed by atoms with Crippen molar-refractivity contribution in [3.05, 3.63) is 35.9 Å². The lowest BCUT2D eigenvalue weighted by Gasteiger charge is -2.37. The van der Waals surface area contributed by atoms with E-state index in [-0.39, 0.29) is 23.8 Å². The minimum absolute atomic E-state index is 0.0332. The Morgan fingerprint density at radius 1 is 1.00 bits per heavy atom. The highest BCUT2D eigenvalue weighted by Crippen LogP contribution is 2.19. The molecule has 1 heterocycles. The molecule has 4 amide bonds. The fourth-order valence-corrected chi connectivity index (χ4v) is 3.44. The van der Waals surface area contributed by atoms with Crippen molar-refractivity contribution < 1.29 is 19.2 Å². The van der Waals surface area contributed by atoms with E-state index in [1.54, 1.807) is 29.2 Å². The summed E-state index contributed by atoms with van der Waals surface area (Å²) in [4.78, 5) is 53.2. The number of piperazine rings is 1. The van der Waals surface area contributed by atoms with Gasteiger partial charge in [-0.2, -0.15) is 0 Å². The molecule has 1 aromatic rings. The van der Waals surface area contributed by atoms with Crippen LogP contribution in [0.2, 0.25) is 0 Å². The maximum atomic E-state index is 13.2. The largest absolute Gasteiger partial charge is 0.345 e. The van der Waals surface area contributed by atoms with Crippen LogP contribution >= 0.6 is 0 Å². The molecule has 1 aromatic carbocycles. The van der Waals surface area contributed by atoms with Gasteiger partial charge < -0.3 is 20.4 Å². The Morgan fingerprint density at radius 2 is 1.60 bits per heavy atom. The van der Waals surface area contributed by atoms with Crippen LogP contribution in [0.5, 0.6) is 0 Å². The Kier molecular flexibility index (Phi) is 7.07. The second-order valence-corrected chi connectivity index (χ2v) is 8.07. The van der Waals surface area contributed by atoms with Gasteiger partial charge in [-0.15, -0.1) is 0 Å². The number of nitrogens with one attached hydrogen (secondary N) is 2. The van der Waals surface area contributed by atoms with Crippen molar-refractivity contribution in [3.8, 4) is 0 Å². The third-order valence-electron chi connectivity index (χ3n) is 5.79. The molecule has 2 atom stereocenters. The molecule has 162 valence electrons. The van der Waals surface area contributed by atoms with Gasteiger partial charge in [0.15, 0.2) is 0 Å². The van der Waals surface area contributed by atoms with Crippen LogP contribution < -0.4 is 10.6 Å². The van der Waals surface area contributed by atoms with Crippen LogP contribution in [-0.2, 0) is 14.4 Å². The molecule has 0 radical (unpaired) electrons. The standard InChI is InChI=1S/C22H30N4O4/c1-3-15(2)18(24-19(27)16-7-5-4-6-8-16)21(29)25-11-13-26(14-12-25)22(30)20(28)23-17-9-10-17/h4-8,15,17-18H,3,9-14H2,1-2H3,(H,23,28)(H,24,27). The zero-order chi connectivity index (χ0) is 21.7. The van der Waals surface area contributed by atoms with Crippen molar-refractivity contribution in [2.45, 2.75) is 45.2 Å². The van der Waals surface area contributed by atoms with Crippen LogP contribution in [0.3, 0.4) is 0 Å². The molecule has 0 bridgehead atoms. The third-order valence-corrected chi connectivity index (χ3v) is 5.79. The predicted molar refractivity (Wildman–Crippen MR) is 111 cm³/mol. The lowest BCUT2D eigenvalue weighted by Crippen LogP contribution is -2.58. The smallest absolute Gasteiger partial charge is 0.312 e. The summed E-state index contributed by atoms with van der Waals surface area (Å²) >= 11 is 0. The molecule has 1 aliphatic heterocycles. The molecule has 2 unspecified atom stereocenters. The summed E-state index contributed by atoms with van der Waals surface area (Å²) in [6.07, 6.45) is 2.59. The summed E-state index contributed by atoms with van der Waals surface area (Å²) in [6, 6.07) is 8.32. The molecule has 1 aliphatic carbocycles. The van der Waals surface area contributed by atoms with Crippen LogP contribution in [0, 0.1) is 5.92 Å². The van der Waals surface area contributed by atoms with Gasteiger partial charge in [0.1, 0.15) is 6.04 Å². The SMILES string of the molecule is CCC(C)C(NC(=O)c1ccccc1)C(=O)N1CCN(C(=O)C(=O)NC2CC2)CC1. The van der Waals surface area contributed by atoms with Gasteiger partial charge >= 0.3 is 11.8 Å². The number of benzene rings is 1. The number of nitrogens with zero attached hydrogens (tertiary/aromatic N) is 2. The minimum atomic E-state index is -0.636. The van der Waals surface area contributed by atoms with E-state index in [1.165, 1.54) is 4.90 Å². The van der Waals surface area contributed by atoms with Gasteiger partial charge in [0, 0.05) is 37.8 Å². The molecule has 2 aliphatic rings. The number of carbonyl (C=O) groups excluding carboxylic acids is 4. The van der Waals surface area contributed by atoms with E-state index in [2.05, 4.69) is 10.6 Å². The Morgan fingerprint density at radius 3 is 2.17 bits per heavy atom. The van der Waals surface area contributed by atoms with Gasteiger partial charge in [-0.3, -0.25) is 19.2 Å². The quantitative estimate of drug-likeness (QED) is 0.672. The number of hydrogen-bond donors (Lipinski definition) is 2. The Bertz CT molecular complexity index is 786. The summed E-state index contributed by atoms with van der Waals surface area (Å²) in [5, 5.41) is 5.59. The number of rotatable bonds is 6. The second-order valence-electron chi connectivity index (χ2n) is 8.07. The molecule has 2 fully saturated rings.